The lowest BCUT2D eigenvalue weighted by Gasteiger charge is -2.35. The van der Waals surface area contributed by atoms with Gasteiger partial charge in [-0.15, -0.1) is 11.3 Å². The smallest absolute Gasteiger partial charge is 0.273 e. The Morgan fingerprint density at radius 3 is 2.83 bits per heavy atom. The zero-order valence-corrected chi connectivity index (χ0v) is 15.1. The maximum atomic E-state index is 12.3. The molecule has 3 rings (SSSR count). The molecule has 2 aromatic rings. The molecular formula is C17H23N3O3S. The van der Waals surface area contributed by atoms with Gasteiger partial charge in [-0.05, 0) is 32.2 Å². The summed E-state index contributed by atoms with van der Waals surface area (Å²) in [4.78, 5) is 19.9. The van der Waals surface area contributed by atoms with Gasteiger partial charge in [0.05, 0.1) is 17.1 Å². The molecular weight excluding hydrogens is 326 g/mol. The number of rotatable bonds is 5. The van der Waals surface area contributed by atoms with Crippen LogP contribution in [0.3, 0.4) is 0 Å². The van der Waals surface area contributed by atoms with Crippen molar-refractivity contribution in [3.63, 3.8) is 0 Å². The van der Waals surface area contributed by atoms with Crippen LogP contribution in [0.2, 0.25) is 0 Å². The van der Waals surface area contributed by atoms with Gasteiger partial charge in [0.1, 0.15) is 5.76 Å². The SMILES string of the molecule is Cc1oc(-c2cccs2)nc1C(=O)NCCN1C[C@@H](C)O[C@H](C)C1. The molecule has 0 bridgehead atoms. The molecule has 2 aromatic heterocycles. The minimum Gasteiger partial charge on any atom is -0.440 e. The third-order valence-corrected chi connectivity index (χ3v) is 4.81. The lowest BCUT2D eigenvalue weighted by molar-refractivity contribution is -0.0672. The Balaban J connectivity index is 1.54. The van der Waals surface area contributed by atoms with Crippen molar-refractivity contribution in [2.24, 2.45) is 0 Å². The Hall–Kier alpha value is -1.70. The first kappa shape index (κ1) is 17.1. The molecule has 0 spiro atoms. The van der Waals surface area contributed by atoms with Crippen LogP contribution in [0.4, 0.5) is 0 Å². The van der Waals surface area contributed by atoms with Crippen LogP contribution in [0.15, 0.2) is 21.9 Å². The van der Waals surface area contributed by atoms with Gasteiger partial charge in [-0.3, -0.25) is 9.69 Å². The Kier molecular flexibility index (Phi) is 5.33. The molecule has 0 radical (unpaired) electrons. The Morgan fingerprint density at radius 2 is 2.17 bits per heavy atom. The minimum absolute atomic E-state index is 0.187. The molecule has 7 heteroatoms. The molecule has 0 unspecified atom stereocenters. The first-order valence-electron chi connectivity index (χ1n) is 8.20. The summed E-state index contributed by atoms with van der Waals surface area (Å²) in [6.45, 7) is 9.09. The Bertz CT molecular complexity index is 673. The summed E-state index contributed by atoms with van der Waals surface area (Å²) in [6.07, 6.45) is 0.464. The number of nitrogens with zero attached hydrogens (tertiary/aromatic N) is 2. The summed E-state index contributed by atoms with van der Waals surface area (Å²) >= 11 is 1.54. The third-order valence-electron chi connectivity index (χ3n) is 3.95. The molecule has 6 nitrogen and oxygen atoms in total. The largest absolute Gasteiger partial charge is 0.440 e. The molecule has 1 aliphatic heterocycles. The number of hydrogen-bond donors (Lipinski definition) is 1. The molecule has 0 saturated carbocycles. The van der Waals surface area contributed by atoms with Crippen LogP contribution in [0.1, 0.15) is 30.1 Å². The molecule has 1 aliphatic rings. The van der Waals surface area contributed by atoms with Gasteiger partial charge in [-0.2, -0.15) is 0 Å². The van der Waals surface area contributed by atoms with E-state index in [1.54, 1.807) is 18.3 Å². The number of carbonyl (C=O) groups excluding carboxylic acids is 1. The molecule has 3 heterocycles. The molecule has 130 valence electrons. The number of aryl methyl sites for hydroxylation is 1. The lowest BCUT2D eigenvalue weighted by atomic mass is 10.2. The van der Waals surface area contributed by atoms with E-state index in [4.69, 9.17) is 9.15 Å². The van der Waals surface area contributed by atoms with Crippen LogP contribution in [-0.2, 0) is 4.74 Å². The standard InChI is InChI=1S/C17H23N3O3S/c1-11-9-20(10-12(2)22-11)7-6-18-16(21)15-13(3)23-17(19-15)14-5-4-8-24-14/h4-5,8,11-12H,6-7,9-10H2,1-3H3,(H,18,21)/t11-,12-/m1/s1. The molecule has 1 N–H and O–H groups in total. The first-order chi connectivity index (χ1) is 11.5. The van der Waals surface area contributed by atoms with Crippen molar-refractivity contribution < 1.29 is 13.9 Å². The van der Waals surface area contributed by atoms with E-state index in [1.165, 1.54) is 0 Å². The summed E-state index contributed by atoms with van der Waals surface area (Å²) < 4.78 is 11.3. The number of morpholine rings is 1. The van der Waals surface area contributed by atoms with Crippen molar-refractivity contribution in [1.29, 1.82) is 0 Å². The molecule has 2 atom stereocenters. The van der Waals surface area contributed by atoms with Gasteiger partial charge in [-0.25, -0.2) is 4.98 Å². The minimum atomic E-state index is -0.187. The van der Waals surface area contributed by atoms with Crippen LogP contribution < -0.4 is 5.32 Å². The molecule has 0 aliphatic carbocycles. The highest BCUT2D eigenvalue weighted by atomic mass is 32.1. The zero-order valence-electron chi connectivity index (χ0n) is 14.2. The van der Waals surface area contributed by atoms with Crippen LogP contribution >= 0.6 is 11.3 Å². The van der Waals surface area contributed by atoms with Crippen LogP contribution in [0, 0.1) is 6.92 Å². The van der Waals surface area contributed by atoms with Crippen molar-refractivity contribution in [2.75, 3.05) is 26.2 Å². The van der Waals surface area contributed by atoms with Crippen molar-refractivity contribution in [1.82, 2.24) is 15.2 Å². The van der Waals surface area contributed by atoms with E-state index in [9.17, 15) is 4.79 Å². The quantitative estimate of drug-likeness (QED) is 0.898. The third kappa shape index (κ3) is 4.03. The Morgan fingerprint density at radius 1 is 1.42 bits per heavy atom. The van der Waals surface area contributed by atoms with E-state index < -0.39 is 0 Å². The van der Waals surface area contributed by atoms with Gasteiger partial charge < -0.3 is 14.5 Å². The monoisotopic (exact) mass is 349 g/mol. The van der Waals surface area contributed by atoms with Gasteiger partial charge in [0.2, 0.25) is 5.89 Å². The van der Waals surface area contributed by atoms with Gasteiger partial charge in [-0.1, -0.05) is 6.07 Å². The van der Waals surface area contributed by atoms with Crippen LogP contribution in [0.5, 0.6) is 0 Å². The van der Waals surface area contributed by atoms with Gasteiger partial charge in [0.15, 0.2) is 5.69 Å². The van der Waals surface area contributed by atoms with Crippen molar-refractivity contribution >= 4 is 17.2 Å². The lowest BCUT2D eigenvalue weighted by Crippen LogP contribution is -2.47. The number of aromatic nitrogens is 1. The fourth-order valence-corrected chi connectivity index (χ4v) is 3.64. The van der Waals surface area contributed by atoms with E-state index in [0.29, 0.717) is 23.9 Å². The number of hydrogen-bond acceptors (Lipinski definition) is 6. The van der Waals surface area contributed by atoms with Crippen LogP contribution in [0.25, 0.3) is 10.8 Å². The number of carbonyl (C=O) groups is 1. The van der Waals surface area contributed by atoms with Crippen molar-refractivity contribution in [2.45, 2.75) is 33.0 Å². The second-order valence-electron chi connectivity index (χ2n) is 6.17. The highest BCUT2D eigenvalue weighted by Gasteiger charge is 2.22. The maximum Gasteiger partial charge on any atom is 0.273 e. The fraction of sp³-hybridized carbons (Fsp3) is 0.529. The van der Waals surface area contributed by atoms with Gasteiger partial charge >= 0.3 is 0 Å². The Labute approximate surface area is 145 Å². The number of thiophene rings is 1. The summed E-state index contributed by atoms with van der Waals surface area (Å²) in [6, 6.07) is 3.86. The number of nitrogens with one attached hydrogen (secondary N) is 1. The van der Waals surface area contributed by atoms with E-state index in [1.807, 2.05) is 17.5 Å². The molecule has 24 heavy (non-hydrogen) atoms. The second-order valence-corrected chi connectivity index (χ2v) is 7.12. The number of oxazole rings is 1. The van der Waals surface area contributed by atoms with Crippen molar-refractivity contribution in [3.8, 4) is 10.8 Å². The van der Waals surface area contributed by atoms with Gasteiger partial charge in [0, 0.05) is 26.2 Å². The zero-order chi connectivity index (χ0) is 17.1. The van der Waals surface area contributed by atoms with E-state index >= 15 is 0 Å². The summed E-state index contributed by atoms with van der Waals surface area (Å²) in [5.41, 5.74) is 0.363. The second kappa shape index (κ2) is 7.46. The fourth-order valence-electron chi connectivity index (χ4n) is 2.99. The maximum absolute atomic E-state index is 12.3. The highest BCUT2D eigenvalue weighted by Crippen LogP contribution is 2.25. The number of amides is 1. The van der Waals surface area contributed by atoms with Crippen LogP contribution in [-0.4, -0.2) is 54.2 Å². The van der Waals surface area contributed by atoms with Gasteiger partial charge in [0.25, 0.3) is 5.91 Å². The first-order valence-corrected chi connectivity index (χ1v) is 9.08. The molecule has 0 aromatic carbocycles. The predicted molar refractivity (Wildman–Crippen MR) is 93.3 cm³/mol. The molecule has 1 saturated heterocycles. The normalized spacial score (nSPS) is 21.8. The summed E-state index contributed by atoms with van der Waals surface area (Å²) in [5, 5.41) is 4.89. The van der Waals surface area contributed by atoms with Crippen molar-refractivity contribution in [3.05, 3.63) is 29.0 Å². The number of ether oxygens (including phenoxy) is 1. The van der Waals surface area contributed by atoms with E-state index in [-0.39, 0.29) is 18.1 Å². The molecule has 1 fully saturated rings. The van der Waals surface area contributed by atoms with E-state index in [0.717, 1.165) is 24.5 Å². The van der Waals surface area contributed by atoms with E-state index in [2.05, 4.69) is 29.0 Å². The average molecular weight is 349 g/mol. The predicted octanol–water partition coefficient (Wildman–Crippen LogP) is 2.55. The highest BCUT2D eigenvalue weighted by molar-refractivity contribution is 7.13. The molecule has 1 amide bonds. The average Bonchev–Trinajstić information content (AvgIpc) is 3.15. The topological polar surface area (TPSA) is 67.6 Å². The summed E-state index contributed by atoms with van der Waals surface area (Å²) in [5.74, 6) is 0.862. The summed E-state index contributed by atoms with van der Waals surface area (Å²) in [7, 11) is 0.